The van der Waals surface area contributed by atoms with Gasteiger partial charge in [-0.3, -0.25) is 9.59 Å². The lowest BCUT2D eigenvalue weighted by Crippen LogP contribution is -2.27. The molecular weight excluding hydrogens is 320 g/mol. The van der Waals surface area contributed by atoms with Crippen LogP contribution in [0.25, 0.3) is 10.9 Å². The third-order valence-corrected chi connectivity index (χ3v) is 5.59. The molecule has 3 aromatic rings. The van der Waals surface area contributed by atoms with Crippen molar-refractivity contribution in [1.82, 2.24) is 4.57 Å². The maximum Gasteiger partial charge on any atom is 0.235 e. The summed E-state index contributed by atoms with van der Waals surface area (Å²) in [5, 5.41) is 0.465. The van der Waals surface area contributed by atoms with Crippen LogP contribution in [0.1, 0.15) is 26.9 Å². The van der Waals surface area contributed by atoms with Crippen molar-refractivity contribution in [1.29, 1.82) is 0 Å². The van der Waals surface area contributed by atoms with Crippen LogP contribution in [0.2, 0.25) is 0 Å². The molecule has 0 bridgehead atoms. The van der Waals surface area contributed by atoms with E-state index in [1.54, 1.807) is 0 Å². The fraction of sp³-hybridized carbons (Fsp3) is 0.158. The van der Waals surface area contributed by atoms with Crippen LogP contribution >= 0.6 is 11.8 Å². The van der Waals surface area contributed by atoms with E-state index < -0.39 is 11.2 Å². The number of amides is 1. The molecule has 4 nitrogen and oxygen atoms in total. The summed E-state index contributed by atoms with van der Waals surface area (Å²) in [4.78, 5) is 24.6. The molecule has 0 aliphatic carbocycles. The van der Waals surface area contributed by atoms with Gasteiger partial charge in [-0.1, -0.05) is 48.5 Å². The number of ketones is 1. The molecule has 0 fully saturated rings. The number of nitrogens with zero attached hydrogens (tertiary/aromatic N) is 1. The first-order chi connectivity index (χ1) is 11.7. The molecular formula is C19H16N2O2S. The second kappa shape index (κ2) is 5.83. The standard InChI is InChI=1S/C19H16N2O2S/c20-19(23)18-16-13-8-4-5-9-14(13)21(17(16)15(22)11-24-18)10-12-6-2-1-3-7-12/h1-9,18H,10-11H2,(H2,20,23)/t18-/m1/s1. The SMILES string of the molecule is NC(=O)[C@@H]1SCC(=O)c2c1c1ccccc1n2Cc1ccccc1. The fourth-order valence-electron chi connectivity index (χ4n) is 3.36. The Bertz CT molecular complexity index is 947. The van der Waals surface area contributed by atoms with Gasteiger partial charge in [0, 0.05) is 23.0 Å². The van der Waals surface area contributed by atoms with Crippen LogP contribution in [0.4, 0.5) is 0 Å². The Labute approximate surface area is 143 Å². The van der Waals surface area contributed by atoms with E-state index in [0.29, 0.717) is 12.2 Å². The Hall–Kier alpha value is -2.53. The number of fused-ring (bicyclic) bond motifs is 3. The number of hydrogen-bond acceptors (Lipinski definition) is 3. The number of para-hydroxylation sites is 1. The number of rotatable bonds is 3. The van der Waals surface area contributed by atoms with E-state index in [0.717, 1.165) is 22.0 Å². The lowest BCUT2D eigenvalue weighted by Gasteiger charge is -2.21. The maximum absolute atomic E-state index is 12.6. The lowest BCUT2D eigenvalue weighted by molar-refractivity contribution is -0.117. The van der Waals surface area contributed by atoms with Crippen molar-refractivity contribution in [2.24, 2.45) is 5.73 Å². The lowest BCUT2D eigenvalue weighted by atomic mass is 10.0. The molecule has 5 heteroatoms. The predicted molar refractivity (Wildman–Crippen MR) is 96.2 cm³/mol. The Morgan fingerprint density at radius 3 is 2.58 bits per heavy atom. The van der Waals surface area contributed by atoms with Crippen molar-refractivity contribution in [2.45, 2.75) is 11.8 Å². The smallest absolute Gasteiger partial charge is 0.235 e. The quantitative estimate of drug-likeness (QED) is 0.799. The van der Waals surface area contributed by atoms with E-state index in [1.165, 1.54) is 11.8 Å². The Kier molecular flexibility index (Phi) is 3.65. The van der Waals surface area contributed by atoms with Crippen LogP contribution in [-0.2, 0) is 11.3 Å². The van der Waals surface area contributed by atoms with Crippen molar-refractivity contribution in [3.05, 3.63) is 71.4 Å². The van der Waals surface area contributed by atoms with Gasteiger partial charge in [-0.15, -0.1) is 11.8 Å². The molecule has 1 amide bonds. The number of thioether (sulfide) groups is 1. The molecule has 2 heterocycles. The number of Topliss-reactive ketones (excluding diaryl/α,β-unsaturated/α-hetero) is 1. The monoisotopic (exact) mass is 336 g/mol. The highest BCUT2D eigenvalue weighted by Gasteiger charge is 2.35. The molecule has 1 aliphatic heterocycles. The predicted octanol–water partition coefficient (Wildman–Crippen LogP) is 3.15. The van der Waals surface area contributed by atoms with Gasteiger partial charge in [0.1, 0.15) is 5.25 Å². The minimum absolute atomic E-state index is 0.0552. The number of benzene rings is 2. The van der Waals surface area contributed by atoms with Crippen LogP contribution in [0, 0.1) is 0 Å². The van der Waals surface area contributed by atoms with Gasteiger partial charge in [0.15, 0.2) is 5.78 Å². The highest BCUT2D eigenvalue weighted by Crippen LogP contribution is 2.42. The molecule has 0 saturated carbocycles. The first-order valence-electron chi connectivity index (χ1n) is 7.76. The van der Waals surface area contributed by atoms with E-state index >= 15 is 0 Å². The molecule has 4 rings (SSSR count). The first kappa shape index (κ1) is 15.0. The average molecular weight is 336 g/mol. The third kappa shape index (κ3) is 2.32. The van der Waals surface area contributed by atoms with Crippen LogP contribution in [0.3, 0.4) is 0 Å². The van der Waals surface area contributed by atoms with Gasteiger partial charge < -0.3 is 10.3 Å². The second-order valence-electron chi connectivity index (χ2n) is 5.87. The van der Waals surface area contributed by atoms with Gasteiger partial charge in [-0.05, 0) is 11.6 Å². The van der Waals surface area contributed by atoms with Crippen LogP contribution in [0.15, 0.2) is 54.6 Å². The molecule has 0 spiro atoms. The summed E-state index contributed by atoms with van der Waals surface area (Å²) in [7, 11) is 0. The van der Waals surface area contributed by atoms with E-state index in [4.69, 9.17) is 5.73 Å². The molecule has 0 radical (unpaired) electrons. The molecule has 120 valence electrons. The summed E-state index contributed by atoms with van der Waals surface area (Å²) >= 11 is 1.32. The Morgan fingerprint density at radius 2 is 1.83 bits per heavy atom. The van der Waals surface area contributed by atoms with Gasteiger partial charge in [0.05, 0.1) is 11.4 Å². The number of primary amides is 1. The zero-order valence-corrected chi connectivity index (χ0v) is 13.8. The molecule has 1 aliphatic rings. The number of hydrogen-bond donors (Lipinski definition) is 1. The summed E-state index contributed by atoms with van der Waals surface area (Å²) in [6.45, 7) is 0.596. The van der Waals surface area contributed by atoms with E-state index in [-0.39, 0.29) is 11.5 Å². The average Bonchev–Trinajstić information content (AvgIpc) is 2.92. The second-order valence-corrected chi connectivity index (χ2v) is 6.96. The van der Waals surface area contributed by atoms with Gasteiger partial charge in [0.2, 0.25) is 5.91 Å². The Morgan fingerprint density at radius 1 is 1.12 bits per heavy atom. The summed E-state index contributed by atoms with van der Waals surface area (Å²) in [5.41, 5.74) is 9.08. The molecule has 0 unspecified atom stereocenters. The topological polar surface area (TPSA) is 65.1 Å². The van der Waals surface area contributed by atoms with E-state index in [9.17, 15) is 9.59 Å². The molecule has 1 aromatic heterocycles. The normalized spacial score (nSPS) is 17.0. The maximum atomic E-state index is 12.6. The summed E-state index contributed by atoms with van der Waals surface area (Å²) in [6, 6.07) is 17.8. The van der Waals surface area contributed by atoms with Crippen molar-refractivity contribution >= 4 is 34.4 Å². The Balaban J connectivity index is 1.98. The van der Waals surface area contributed by atoms with E-state index in [1.807, 2.05) is 59.2 Å². The zero-order chi connectivity index (χ0) is 16.7. The minimum atomic E-state index is -0.473. The highest BCUT2D eigenvalue weighted by molar-refractivity contribution is 8.01. The molecule has 24 heavy (non-hydrogen) atoms. The zero-order valence-electron chi connectivity index (χ0n) is 12.9. The number of carbonyl (C=O) groups is 2. The summed E-state index contributed by atoms with van der Waals surface area (Å²) in [6.07, 6.45) is 0. The summed E-state index contributed by atoms with van der Waals surface area (Å²) in [5.74, 6) is -0.0536. The van der Waals surface area contributed by atoms with E-state index in [2.05, 4.69) is 0 Å². The van der Waals surface area contributed by atoms with Gasteiger partial charge in [-0.2, -0.15) is 0 Å². The van der Waals surface area contributed by atoms with Gasteiger partial charge in [0.25, 0.3) is 0 Å². The van der Waals surface area contributed by atoms with Gasteiger partial charge >= 0.3 is 0 Å². The highest BCUT2D eigenvalue weighted by atomic mass is 32.2. The molecule has 1 atom stereocenters. The van der Waals surface area contributed by atoms with Crippen molar-refractivity contribution in [3.8, 4) is 0 Å². The van der Waals surface area contributed by atoms with Crippen LogP contribution in [-0.4, -0.2) is 22.0 Å². The fourth-order valence-corrected chi connectivity index (χ4v) is 4.39. The third-order valence-electron chi connectivity index (χ3n) is 4.36. The minimum Gasteiger partial charge on any atom is -0.368 e. The molecule has 2 N–H and O–H groups in total. The molecule has 0 saturated heterocycles. The number of nitrogens with two attached hydrogens (primary N) is 1. The number of carbonyl (C=O) groups excluding carboxylic acids is 2. The first-order valence-corrected chi connectivity index (χ1v) is 8.81. The van der Waals surface area contributed by atoms with Crippen molar-refractivity contribution < 1.29 is 9.59 Å². The van der Waals surface area contributed by atoms with Crippen LogP contribution < -0.4 is 5.73 Å². The summed E-state index contributed by atoms with van der Waals surface area (Å²) < 4.78 is 2.03. The van der Waals surface area contributed by atoms with Crippen molar-refractivity contribution in [3.63, 3.8) is 0 Å². The largest absolute Gasteiger partial charge is 0.368 e. The number of aromatic nitrogens is 1. The van der Waals surface area contributed by atoms with Crippen LogP contribution in [0.5, 0.6) is 0 Å². The molecule has 2 aromatic carbocycles. The van der Waals surface area contributed by atoms with Crippen molar-refractivity contribution in [2.75, 3.05) is 5.75 Å². The van der Waals surface area contributed by atoms with Gasteiger partial charge in [-0.25, -0.2) is 0 Å².